The second kappa shape index (κ2) is 7.11. The number of carbonyl (C=O) groups excluding carboxylic acids is 2. The van der Waals surface area contributed by atoms with Crippen molar-refractivity contribution in [2.24, 2.45) is 0 Å². The van der Waals surface area contributed by atoms with Crippen LogP contribution in [0.25, 0.3) is 0 Å². The highest BCUT2D eigenvalue weighted by atomic mass is 16.5. The Bertz CT molecular complexity index is 491. The van der Waals surface area contributed by atoms with E-state index in [4.69, 9.17) is 0 Å². The Kier molecular flexibility index (Phi) is 5.20. The van der Waals surface area contributed by atoms with Crippen molar-refractivity contribution in [3.8, 4) is 0 Å². The maximum absolute atomic E-state index is 11.8. The van der Waals surface area contributed by atoms with E-state index in [1.54, 1.807) is 12.1 Å². The third-order valence-corrected chi connectivity index (χ3v) is 3.75. The number of rotatable bonds is 4. The number of benzene rings is 1. The number of amides is 1. The number of hydrogen-bond acceptors (Lipinski definition) is 4. The summed E-state index contributed by atoms with van der Waals surface area (Å²) < 4.78 is 4.69. The van der Waals surface area contributed by atoms with Gasteiger partial charge in [0.05, 0.1) is 12.7 Å². The van der Waals surface area contributed by atoms with Crippen LogP contribution in [0.3, 0.4) is 0 Å². The van der Waals surface area contributed by atoms with E-state index in [1.165, 1.54) is 7.11 Å². The zero-order valence-corrected chi connectivity index (χ0v) is 12.7. The molecule has 1 heterocycles. The van der Waals surface area contributed by atoms with Gasteiger partial charge < -0.3 is 14.5 Å². The molecule has 0 spiro atoms. The van der Waals surface area contributed by atoms with E-state index < -0.39 is 0 Å². The molecule has 5 nitrogen and oxygen atoms in total. The molecule has 1 aromatic carbocycles. The van der Waals surface area contributed by atoms with Crippen LogP contribution in [0.4, 0.5) is 5.69 Å². The molecule has 2 rings (SSSR count). The van der Waals surface area contributed by atoms with Crippen molar-refractivity contribution in [3.63, 3.8) is 0 Å². The Morgan fingerprint density at radius 1 is 1.10 bits per heavy atom. The van der Waals surface area contributed by atoms with Gasteiger partial charge in [-0.25, -0.2) is 4.79 Å². The van der Waals surface area contributed by atoms with Gasteiger partial charge in [0.2, 0.25) is 5.91 Å². The van der Waals surface area contributed by atoms with Crippen LogP contribution < -0.4 is 4.90 Å². The van der Waals surface area contributed by atoms with Gasteiger partial charge in [0, 0.05) is 38.3 Å². The molecule has 114 valence electrons. The van der Waals surface area contributed by atoms with Gasteiger partial charge in [-0.3, -0.25) is 4.79 Å². The number of piperazine rings is 1. The van der Waals surface area contributed by atoms with Crippen molar-refractivity contribution >= 4 is 17.6 Å². The lowest BCUT2D eigenvalue weighted by Crippen LogP contribution is -2.48. The molecule has 0 N–H and O–H groups in total. The summed E-state index contributed by atoms with van der Waals surface area (Å²) in [4.78, 5) is 27.4. The molecule has 0 saturated carbocycles. The van der Waals surface area contributed by atoms with Crippen molar-refractivity contribution in [1.29, 1.82) is 0 Å². The molecule has 1 aliphatic rings. The Labute approximate surface area is 125 Å². The summed E-state index contributed by atoms with van der Waals surface area (Å²) in [5.41, 5.74) is 1.63. The molecule has 1 aliphatic heterocycles. The monoisotopic (exact) mass is 290 g/mol. The minimum atomic E-state index is -0.323. The standard InChI is InChI=1S/C16H22N2O3/c1-3-4-15(19)18-11-9-17(10-12-18)14-7-5-13(6-8-14)16(20)21-2/h5-8H,3-4,9-12H2,1-2H3. The van der Waals surface area contributed by atoms with Crippen molar-refractivity contribution in [1.82, 2.24) is 4.90 Å². The molecule has 1 fully saturated rings. The molecule has 1 saturated heterocycles. The van der Waals surface area contributed by atoms with Gasteiger partial charge in [0.25, 0.3) is 0 Å². The number of anilines is 1. The van der Waals surface area contributed by atoms with Crippen LogP contribution in [-0.2, 0) is 9.53 Å². The summed E-state index contributed by atoms with van der Waals surface area (Å²) >= 11 is 0. The van der Waals surface area contributed by atoms with Crippen molar-refractivity contribution in [2.45, 2.75) is 19.8 Å². The molecule has 5 heteroatoms. The minimum Gasteiger partial charge on any atom is -0.465 e. The molecule has 1 aromatic rings. The number of methoxy groups -OCH3 is 1. The van der Waals surface area contributed by atoms with Crippen LogP contribution in [0.2, 0.25) is 0 Å². The van der Waals surface area contributed by atoms with E-state index in [0.717, 1.165) is 38.3 Å². The molecule has 0 radical (unpaired) electrons. The van der Waals surface area contributed by atoms with E-state index in [0.29, 0.717) is 12.0 Å². The molecule has 0 unspecified atom stereocenters. The van der Waals surface area contributed by atoms with Crippen LogP contribution in [0.15, 0.2) is 24.3 Å². The van der Waals surface area contributed by atoms with Crippen LogP contribution in [0.1, 0.15) is 30.1 Å². The second-order valence-electron chi connectivity index (χ2n) is 5.16. The minimum absolute atomic E-state index is 0.248. The first-order chi connectivity index (χ1) is 10.2. The summed E-state index contributed by atoms with van der Waals surface area (Å²) in [5, 5.41) is 0. The Hall–Kier alpha value is -2.04. The fraction of sp³-hybridized carbons (Fsp3) is 0.500. The zero-order chi connectivity index (χ0) is 15.2. The summed E-state index contributed by atoms with van der Waals surface area (Å²) in [6, 6.07) is 7.40. The average Bonchev–Trinajstić information content (AvgIpc) is 2.54. The second-order valence-corrected chi connectivity index (χ2v) is 5.16. The molecular formula is C16H22N2O3. The Morgan fingerprint density at radius 2 is 1.71 bits per heavy atom. The molecule has 0 aliphatic carbocycles. The van der Waals surface area contributed by atoms with Gasteiger partial charge in [-0.2, -0.15) is 0 Å². The molecular weight excluding hydrogens is 268 g/mol. The number of nitrogens with zero attached hydrogens (tertiary/aromatic N) is 2. The number of carbonyl (C=O) groups is 2. The first kappa shape index (κ1) is 15.4. The van der Waals surface area contributed by atoms with E-state index in [2.05, 4.69) is 9.64 Å². The van der Waals surface area contributed by atoms with Crippen LogP contribution >= 0.6 is 0 Å². The third-order valence-electron chi connectivity index (χ3n) is 3.75. The van der Waals surface area contributed by atoms with Crippen LogP contribution in [0, 0.1) is 0 Å². The highest BCUT2D eigenvalue weighted by molar-refractivity contribution is 5.89. The lowest BCUT2D eigenvalue weighted by molar-refractivity contribution is -0.131. The predicted molar refractivity (Wildman–Crippen MR) is 81.5 cm³/mol. The molecule has 21 heavy (non-hydrogen) atoms. The number of hydrogen-bond donors (Lipinski definition) is 0. The highest BCUT2D eigenvalue weighted by Gasteiger charge is 2.20. The predicted octanol–water partition coefficient (Wildman–Crippen LogP) is 1.92. The van der Waals surface area contributed by atoms with Crippen LogP contribution in [0.5, 0.6) is 0 Å². The van der Waals surface area contributed by atoms with Gasteiger partial charge in [-0.05, 0) is 30.7 Å². The van der Waals surface area contributed by atoms with Gasteiger partial charge in [-0.1, -0.05) is 6.92 Å². The summed E-state index contributed by atoms with van der Waals surface area (Å²) in [5.74, 6) is -0.0743. The number of esters is 1. The van der Waals surface area contributed by atoms with E-state index in [1.807, 2.05) is 24.0 Å². The SMILES string of the molecule is CCCC(=O)N1CCN(c2ccc(C(=O)OC)cc2)CC1. The maximum Gasteiger partial charge on any atom is 0.337 e. The van der Waals surface area contributed by atoms with E-state index >= 15 is 0 Å². The van der Waals surface area contributed by atoms with Gasteiger partial charge in [-0.15, -0.1) is 0 Å². The lowest BCUT2D eigenvalue weighted by Gasteiger charge is -2.36. The molecule has 0 aromatic heterocycles. The highest BCUT2D eigenvalue weighted by Crippen LogP contribution is 2.18. The summed E-state index contributed by atoms with van der Waals surface area (Å²) in [7, 11) is 1.38. The first-order valence-electron chi connectivity index (χ1n) is 7.36. The Morgan fingerprint density at radius 3 is 2.24 bits per heavy atom. The average molecular weight is 290 g/mol. The van der Waals surface area contributed by atoms with Crippen molar-refractivity contribution in [2.75, 3.05) is 38.2 Å². The van der Waals surface area contributed by atoms with E-state index in [9.17, 15) is 9.59 Å². The quantitative estimate of drug-likeness (QED) is 0.795. The fourth-order valence-corrected chi connectivity index (χ4v) is 2.51. The fourth-order valence-electron chi connectivity index (χ4n) is 2.51. The molecule has 0 bridgehead atoms. The molecule has 0 atom stereocenters. The Balaban J connectivity index is 1.93. The normalized spacial score (nSPS) is 15.0. The molecule has 1 amide bonds. The van der Waals surface area contributed by atoms with Crippen molar-refractivity contribution in [3.05, 3.63) is 29.8 Å². The number of ether oxygens (including phenoxy) is 1. The lowest BCUT2D eigenvalue weighted by atomic mass is 10.1. The smallest absolute Gasteiger partial charge is 0.337 e. The zero-order valence-electron chi connectivity index (χ0n) is 12.7. The third kappa shape index (κ3) is 3.74. The van der Waals surface area contributed by atoms with Gasteiger partial charge >= 0.3 is 5.97 Å². The largest absolute Gasteiger partial charge is 0.465 e. The van der Waals surface area contributed by atoms with Crippen molar-refractivity contribution < 1.29 is 14.3 Å². The van der Waals surface area contributed by atoms with Gasteiger partial charge in [0.15, 0.2) is 0 Å². The topological polar surface area (TPSA) is 49.9 Å². The first-order valence-corrected chi connectivity index (χ1v) is 7.36. The van der Waals surface area contributed by atoms with E-state index in [-0.39, 0.29) is 11.9 Å². The maximum atomic E-state index is 11.8. The summed E-state index contributed by atoms with van der Waals surface area (Å²) in [6.07, 6.45) is 1.53. The summed E-state index contributed by atoms with van der Waals surface area (Å²) in [6.45, 7) is 5.20. The van der Waals surface area contributed by atoms with Gasteiger partial charge in [0.1, 0.15) is 0 Å². The van der Waals surface area contributed by atoms with Crippen LogP contribution in [-0.4, -0.2) is 50.1 Å².